The molecule has 0 amide bonds. The third-order valence-electron chi connectivity index (χ3n) is 4.79. The fraction of sp³-hybridized carbons (Fsp3) is 0.895. The number of esters is 2. The number of ether oxygens (including phenoxy) is 2. The fourth-order valence-electron chi connectivity index (χ4n) is 2.90. The Bertz CT molecular complexity index is 613. The van der Waals surface area contributed by atoms with Gasteiger partial charge in [-0.25, -0.2) is 0 Å². The summed E-state index contributed by atoms with van der Waals surface area (Å²) >= 11 is 0. The van der Waals surface area contributed by atoms with Crippen LogP contribution in [0.25, 0.3) is 0 Å². The van der Waals surface area contributed by atoms with Crippen LogP contribution in [0.15, 0.2) is 0 Å². The minimum Gasteiger partial charge on any atom is -0.465 e. The van der Waals surface area contributed by atoms with E-state index in [0.29, 0.717) is 6.42 Å². The Morgan fingerprint density at radius 1 is 0.719 bits per heavy atom. The van der Waals surface area contributed by atoms with Gasteiger partial charge >= 0.3 is 35.9 Å². The standard InChI is InChI=1S/C19H27F9O4/c1-5-31-13(29)15(14(30)32-6-2,9-7-8-12(3)4)10-11-16(20,21)17(22,23)18(24,25)19(26,27)28/h12H,5-11H2,1-4H3. The normalized spacial score (nSPS) is 13.9. The average molecular weight is 490 g/mol. The summed E-state index contributed by atoms with van der Waals surface area (Å²) in [6, 6.07) is 0. The summed E-state index contributed by atoms with van der Waals surface area (Å²) in [4.78, 5) is 25.0. The quantitative estimate of drug-likeness (QED) is 0.176. The minimum absolute atomic E-state index is 0.0216. The zero-order valence-electron chi connectivity index (χ0n) is 18.1. The summed E-state index contributed by atoms with van der Waals surface area (Å²) in [5, 5.41) is 0. The number of halogens is 9. The zero-order valence-corrected chi connectivity index (χ0v) is 18.1. The van der Waals surface area contributed by atoms with E-state index in [-0.39, 0.29) is 25.6 Å². The summed E-state index contributed by atoms with van der Waals surface area (Å²) in [5.41, 5.74) is -2.58. The first-order valence-electron chi connectivity index (χ1n) is 9.88. The number of alkyl halides is 9. The number of rotatable bonds is 13. The first-order chi connectivity index (χ1) is 14.3. The molecule has 0 rings (SSSR count). The van der Waals surface area contributed by atoms with Gasteiger partial charge in [0.05, 0.1) is 13.2 Å². The van der Waals surface area contributed by atoms with Crippen LogP contribution < -0.4 is 0 Å². The van der Waals surface area contributed by atoms with E-state index < -0.39 is 60.6 Å². The summed E-state index contributed by atoms with van der Waals surface area (Å²) in [5.74, 6) is -22.6. The van der Waals surface area contributed by atoms with Crippen molar-refractivity contribution in [2.24, 2.45) is 11.3 Å². The van der Waals surface area contributed by atoms with Gasteiger partial charge in [-0.05, 0) is 32.6 Å². The number of hydrogen-bond donors (Lipinski definition) is 0. The lowest BCUT2D eigenvalue weighted by Crippen LogP contribution is -2.61. The minimum atomic E-state index is -7.06. The smallest absolute Gasteiger partial charge is 0.460 e. The maximum Gasteiger partial charge on any atom is 0.460 e. The van der Waals surface area contributed by atoms with Crippen molar-refractivity contribution in [2.45, 2.75) is 83.7 Å². The summed E-state index contributed by atoms with van der Waals surface area (Å²) in [6.45, 7) is 5.42. The molecular formula is C19H27F9O4. The highest BCUT2D eigenvalue weighted by molar-refractivity contribution is 6.00. The third kappa shape index (κ3) is 6.43. The predicted molar refractivity (Wildman–Crippen MR) is 94.5 cm³/mol. The van der Waals surface area contributed by atoms with E-state index in [4.69, 9.17) is 9.47 Å². The van der Waals surface area contributed by atoms with Crippen LogP contribution in [0.3, 0.4) is 0 Å². The van der Waals surface area contributed by atoms with Crippen molar-refractivity contribution in [1.82, 2.24) is 0 Å². The second-order valence-electron chi connectivity index (χ2n) is 7.66. The van der Waals surface area contributed by atoms with Crippen molar-refractivity contribution >= 4 is 11.9 Å². The van der Waals surface area contributed by atoms with Gasteiger partial charge in [0.1, 0.15) is 0 Å². The summed E-state index contributed by atoms with van der Waals surface area (Å²) in [6.07, 6.45) is -10.9. The van der Waals surface area contributed by atoms with Crippen molar-refractivity contribution in [3.63, 3.8) is 0 Å². The zero-order chi connectivity index (χ0) is 25.6. The van der Waals surface area contributed by atoms with Crippen molar-refractivity contribution in [3.05, 3.63) is 0 Å². The lowest BCUT2D eigenvalue weighted by molar-refractivity contribution is -0.397. The summed E-state index contributed by atoms with van der Waals surface area (Å²) in [7, 11) is 0. The summed E-state index contributed by atoms with van der Waals surface area (Å²) < 4.78 is 128. The molecule has 0 aliphatic heterocycles. The molecule has 190 valence electrons. The highest BCUT2D eigenvalue weighted by atomic mass is 19.4. The van der Waals surface area contributed by atoms with Crippen LogP contribution in [0, 0.1) is 11.3 Å². The molecule has 0 saturated heterocycles. The molecule has 0 aliphatic rings. The van der Waals surface area contributed by atoms with Crippen molar-refractivity contribution < 1.29 is 58.6 Å². The van der Waals surface area contributed by atoms with E-state index in [0.717, 1.165) is 0 Å². The van der Waals surface area contributed by atoms with E-state index in [1.54, 1.807) is 13.8 Å². The van der Waals surface area contributed by atoms with Gasteiger partial charge in [0.15, 0.2) is 5.41 Å². The van der Waals surface area contributed by atoms with E-state index in [2.05, 4.69) is 0 Å². The highest BCUT2D eigenvalue weighted by Crippen LogP contribution is 2.55. The second-order valence-corrected chi connectivity index (χ2v) is 7.66. The van der Waals surface area contributed by atoms with Gasteiger partial charge < -0.3 is 9.47 Å². The van der Waals surface area contributed by atoms with Gasteiger partial charge in [-0.3, -0.25) is 9.59 Å². The molecule has 0 saturated carbocycles. The third-order valence-corrected chi connectivity index (χ3v) is 4.79. The lowest BCUT2D eigenvalue weighted by atomic mass is 9.76. The second kappa shape index (κ2) is 11.0. The van der Waals surface area contributed by atoms with Crippen LogP contribution >= 0.6 is 0 Å². The topological polar surface area (TPSA) is 52.6 Å². The van der Waals surface area contributed by atoms with Gasteiger partial charge in [0.2, 0.25) is 0 Å². The molecule has 4 nitrogen and oxygen atoms in total. The van der Waals surface area contributed by atoms with Gasteiger partial charge in [-0.1, -0.05) is 26.7 Å². The van der Waals surface area contributed by atoms with Gasteiger partial charge in [0, 0.05) is 6.42 Å². The highest BCUT2D eigenvalue weighted by Gasteiger charge is 2.81. The van der Waals surface area contributed by atoms with Crippen LogP contribution in [-0.4, -0.2) is 49.1 Å². The molecule has 0 bridgehead atoms. The number of carbonyl (C=O) groups excluding carboxylic acids is 2. The molecule has 0 radical (unpaired) electrons. The average Bonchev–Trinajstić information content (AvgIpc) is 2.63. The van der Waals surface area contributed by atoms with E-state index in [1.165, 1.54) is 13.8 Å². The Kier molecular flexibility index (Phi) is 10.4. The van der Waals surface area contributed by atoms with Gasteiger partial charge in [-0.15, -0.1) is 0 Å². The molecule has 0 atom stereocenters. The van der Waals surface area contributed by atoms with E-state index in [1.807, 2.05) is 0 Å². The molecule has 0 aromatic carbocycles. The molecule has 0 aromatic heterocycles. The molecule has 0 heterocycles. The van der Waals surface area contributed by atoms with Crippen LogP contribution in [-0.2, 0) is 19.1 Å². The molecule has 0 unspecified atom stereocenters. The van der Waals surface area contributed by atoms with E-state index >= 15 is 0 Å². The van der Waals surface area contributed by atoms with Crippen LogP contribution in [0.5, 0.6) is 0 Å². The Morgan fingerprint density at radius 3 is 1.50 bits per heavy atom. The Hall–Kier alpha value is -1.69. The molecule has 13 heteroatoms. The lowest BCUT2D eigenvalue weighted by Gasteiger charge is -2.36. The number of carbonyl (C=O) groups is 2. The van der Waals surface area contributed by atoms with E-state index in [9.17, 15) is 49.1 Å². The molecule has 0 spiro atoms. The largest absolute Gasteiger partial charge is 0.465 e. The Labute approximate surface area is 179 Å². The SMILES string of the molecule is CCOC(=O)C(CCCC(C)C)(CCC(F)(F)C(F)(F)C(F)(F)C(F)(F)F)C(=O)OCC. The number of hydrogen-bond acceptors (Lipinski definition) is 4. The van der Waals surface area contributed by atoms with Gasteiger partial charge in [0.25, 0.3) is 0 Å². The monoisotopic (exact) mass is 490 g/mol. The molecular weight excluding hydrogens is 463 g/mol. The molecule has 0 fully saturated rings. The molecule has 32 heavy (non-hydrogen) atoms. The molecule has 0 aromatic rings. The molecule has 0 aliphatic carbocycles. The van der Waals surface area contributed by atoms with Crippen molar-refractivity contribution in [1.29, 1.82) is 0 Å². The fourth-order valence-corrected chi connectivity index (χ4v) is 2.90. The Balaban J connectivity index is 6.16. The van der Waals surface area contributed by atoms with Crippen LogP contribution in [0.4, 0.5) is 39.5 Å². The Morgan fingerprint density at radius 2 is 1.16 bits per heavy atom. The predicted octanol–water partition coefficient (Wildman–Crippen LogP) is 6.17. The first-order valence-corrected chi connectivity index (χ1v) is 9.88. The first kappa shape index (κ1) is 30.3. The van der Waals surface area contributed by atoms with Crippen molar-refractivity contribution in [3.8, 4) is 0 Å². The molecule has 0 N–H and O–H groups in total. The van der Waals surface area contributed by atoms with Crippen molar-refractivity contribution in [2.75, 3.05) is 13.2 Å². The van der Waals surface area contributed by atoms with Gasteiger partial charge in [-0.2, -0.15) is 39.5 Å². The maximum absolute atomic E-state index is 14.1. The van der Waals surface area contributed by atoms with Crippen LogP contribution in [0.1, 0.15) is 59.8 Å². The maximum atomic E-state index is 14.1. The van der Waals surface area contributed by atoms with Crippen LogP contribution in [0.2, 0.25) is 0 Å².